The van der Waals surface area contributed by atoms with Crippen molar-refractivity contribution in [3.8, 4) is 0 Å². The van der Waals surface area contributed by atoms with Crippen LogP contribution in [-0.4, -0.2) is 33.3 Å². The third-order valence-electron chi connectivity index (χ3n) is 1.75. The van der Waals surface area contributed by atoms with E-state index in [4.69, 9.17) is 0 Å². The summed E-state index contributed by atoms with van der Waals surface area (Å²) in [5.41, 5.74) is 0. The maximum Gasteiger partial charge on any atom is 0.306 e. The number of allylic oxidation sites excluding steroid dienone is 1. The smallest absolute Gasteiger partial charge is 0.306 e. The molecule has 0 rings (SSSR count). The Kier molecular flexibility index (Phi) is 7.84. The average Bonchev–Trinajstić information content (AvgIpc) is 2.22. The van der Waals surface area contributed by atoms with Gasteiger partial charge in [0, 0.05) is 6.54 Å². The maximum atomic E-state index is 11.4. The van der Waals surface area contributed by atoms with E-state index < -0.39 is 16.0 Å². The Bertz CT molecular complexity index is 322. The Hall–Kier alpha value is -0.880. The molecule has 0 aliphatic rings. The molecular weight excluding hydrogens is 230 g/mol. The predicted molar refractivity (Wildman–Crippen MR) is 62.5 cm³/mol. The first-order valence-corrected chi connectivity index (χ1v) is 6.91. The summed E-state index contributed by atoms with van der Waals surface area (Å²) in [5, 5.41) is 0. The molecule has 0 aromatic rings. The van der Waals surface area contributed by atoms with E-state index in [2.05, 4.69) is 9.46 Å². The minimum Gasteiger partial charge on any atom is -0.466 e. The SMILES string of the molecule is C/C=C/CCNS(=O)(=O)CCC(=O)OCC. The van der Waals surface area contributed by atoms with Crippen LogP contribution in [0.4, 0.5) is 0 Å². The lowest BCUT2D eigenvalue weighted by molar-refractivity contribution is -0.142. The maximum absolute atomic E-state index is 11.4. The predicted octanol–water partition coefficient (Wildman–Crippen LogP) is 0.825. The van der Waals surface area contributed by atoms with Gasteiger partial charge in [-0.15, -0.1) is 0 Å². The van der Waals surface area contributed by atoms with E-state index in [0.717, 1.165) is 0 Å². The molecule has 0 saturated carbocycles. The van der Waals surface area contributed by atoms with Crippen LogP contribution in [0.5, 0.6) is 0 Å². The van der Waals surface area contributed by atoms with Crippen molar-refractivity contribution in [2.45, 2.75) is 26.7 Å². The van der Waals surface area contributed by atoms with Gasteiger partial charge in [-0.2, -0.15) is 0 Å². The molecule has 0 atom stereocenters. The summed E-state index contributed by atoms with van der Waals surface area (Å²) < 4.78 is 29.8. The van der Waals surface area contributed by atoms with E-state index in [1.807, 2.05) is 19.1 Å². The normalized spacial score (nSPS) is 11.9. The number of carbonyl (C=O) groups is 1. The standard InChI is InChI=1S/C10H19NO4S/c1-3-5-6-8-11-16(13,14)9-7-10(12)15-4-2/h3,5,11H,4,6-9H2,1-2H3/b5-3+. The number of sulfonamides is 1. The second kappa shape index (κ2) is 8.29. The summed E-state index contributed by atoms with van der Waals surface area (Å²) in [7, 11) is -3.36. The highest BCUT2D eigenvalue weighted by atomic mass is 32.2. The van der Waals surface area contributed by atoms with Crippen LogP contribution in [0.1, 0.15) is 26.7 Å². The van der Waals surface area contributed by atoms with Crippen molar-refractivity contribution in [2.24, 2.45) is 0 Å². The molecule has 0 fully saturated rings. The number of ether oxygens (including phenoxy) is 1. The van der Waals surface area contributed by atoms with E-state index in [1.54, 1.807) is 6.92 Å². The third-order valence-corrected chi connectivity index (χ3v) is 3.13. The quantitative estimate of drug-likeness (QED) is 0.393. The monoisotopic (exact) mass is 249 g/mol. The Morgan fingerprint density at radius 3 is 2.69 bits per heavy atom. The largest absolute Gasteiger partial charge is 0.466 e. The van der Waals surface area contributed by atoms with Crippen molar-refractivity contribution in [2.75, 3.05) is 18.9 Å². The summed E-state index contributed by atoms with van der Waals surface area (Å²) in [6.07, 6.45) is 4.27. The summed E-state index contributed by atoms with van der Waals surface area (Å²) in [5.74, 6) is -0.705. The number of hydrogen-bond donors (Lipinski definition) is 1. The Labute approximate surface area is 96.9 Å². The topological polar surface area (TPSA) is 72.5 Å². The molecule has 16 heavy (non-hydrogen) atoms. The van der Waals surface area contributed by atoms with Crippen LogP contribution in [0.15, 0.2) is 12.2 Å². The highest BCUT2D eigenvalue weighted by Crippen LogP contribution is 1.93. The van der Waals surface area contributed by atoms with Crippen molar-refractivity contribution in [3.05, 3.63) is 12.2 Å². The first-order valence-electron chi connectivity index (χ1n) is 5.26. The molecule has 0 bridgehead atoms. The van der Waals surface area contributed by atoms with Crippen LogP contribution in [0, 0.1) is 0 Å². The van der Waals surface area contributed by atoms with Gasteiger partial charge in [-0.05, 0) is 20.3 Å². The van der Waals surface area contributed by atoms with Crippen molar-refractivity contribution < 1.29 is 17.9 Å². The molecule has 0 aromatic heterocycles. The molecule has 0 radical (unpaired) electrons. The van der Waals surface area contributed by atoms with E-state index in [9.17, 15) is 13.2 Å². The molecule has 0 aliphatic carbocycles. The van der Waals surface area contributed by atoms with Gasteiger partial charge in [0.15, 0.2) is 0 Å². The average molecular weight is 249 g/mol. The minimum absolute atomic E-state index is 0.104. The zero-order valence-corrected chi connectivity index (χ0v) is 10.5. The molecule has 5 nitrogen and oxygen atoms in total. The van der Waals surface area contributed by atoms with Crippen LogP contribution in [0.25, 0.3) is 0 Å². The molecular formula is C10H19NO4S. The molecule has 0 aromatic carbocycles. The molecule has 0 unspecified atom stereocenters. The zero-order valence-electron chi connectivity index (χ0n) is 9.73. The fourth-order valence-electron chi connectivity index (χ4n) is 0.987. The van der Waals surface area contributed by atoms with Gasteiger partial charge >= 0.3 is 5.97 Å². The molecule has 0 aliphatic heterocycles. The fraction of sp³-hybridized carbons (Fsp3) is 0.700. The summed E-state index contributed by atoms with van der Waals surface area (Å²) in [6.45, 7) is 4.18. The second-order valence-electron chi connectivity index (χ2n) is 3.13. The lowest BCUT2D eigenvalue weighted by atomic mass is 10.4. The van der Waals surface area contributed by atoms with Crippen molar-refractivity contribution in [1.29, 1.82) is 0 Å². The van der Waals surface area contributed by atoms with Gasteiger partial charge in [0.2, 0.25) is 10.0 Å². The van der Waals surface area contributed by atoms with Crippen LogP contribution in [0.3, 0.4) is 0 Å². The third kappa shape index (κ3) is 8.43. The number of nitrogens with one attached hydrogen (secondary N) is 1. The Morgan fingerprint density at radius 1 is 1.44 bits per heavy atom. The molecule has 0 amide bonds. The van der Waals surface area contributed by atoms with Gasteiger partial charge in [0.1, 0.15) is 0 Å². The van der Waals surface area contributed by atoms with Crippen LogP contribution in [0.2, 0.25) is 0 Å². The van der Waals surface area contributed by atoms with Gasteiger partial charge in [-0.25, -0.2) is 13.1 Å². The first kappa shape index (κ1) is 15.1. The van der Waals surface area contributed by atoms with E-state index in [1.165, 1.54) is 0 Å². The zero-order chi connectivity index (χ0) is 12.4. The van der Waals surface area contributed by atoms with Crippen molar-refractivity contribution >= 4 is 16.0 Å². The minimum atomic E-state index is -3.36. The van der Waals surface area contributed by atoms with Gasteiger partial charge in [0.05, 0.1) is 18.8 Å². The molecule has 0 heterocycles. The van der Waals surface area contributed by atoms with Gasteiger partial charge in [-0.1, -0.05) is 12.2 Å². The van der Waals surface area contributed by atoms with Crippen molar-refractivity contribution in [3.63, 3.8) is 0 Å². The molecule has 94 valence electrons. The van der Waals surface area contributed by atoms with Crippen molar-refractivity contribution in [1.82, 2.24) is 4.72 Å². The van der Waals surface area contributed by atoms with E-state index in [0.29, 0.717) is 13.0 Å². The first-order chi connectivity index (χ1) is 7.52. The van der Waals surface area contributed by atoms with E-state index >= 15 is 0 Å². The lowest BCUT2D eigenvalue weighted by Crippen LogP contribution is -2.28. The molecule has 0 saturated heterocycles. The van der Waals surface area contributed by atoms with Crippen LogP contribution >= 0.6 is 0 Å². The number of hydrogen-bond acceptors (Lipinski definition) is 4. The highest BCUT2D eigenvalue weighted by molar-refractivity contribution is 7.89. The molecule has 6 heteroatoms. The lowest BCUT2D eigenvalue weighted by Gasteiger charge is -2.05. The summed E-state index contributed by atoms with van der Waals surface area (Å²) in [6, 6.07) is 0. The highest BCUT2D eigenvalue weighted by Gasteiger charge is 2.12. The molecule has 0 spiro atoms. The second-order valence-corrected chi connectivity index (χ2v) is 5.05. The van der Waals surface area contributed by atoms with Gasteiger partial charge < -0.3 is 4.74 Å². The fourth-order valence-corrected chi connectivity index (χ4v) is 2.00. The Morgan fingerprint density at radius 2 is 2.12 bits per heavy atom. The number of rotatable bonds is 8. The Balaban J connectivity index is 3.83. The number of esters is 1. The number of carbonyl (C=O) groups excluding carboxylic acids is 1. The van der Waals surface area contributed by atoms with E-state index in [-0.39, 0.29) is 18.8 Å². The van der Waals surface area contributed by atoms with Crippen LogP contribution in [-0.2, 0) is 19.6 Å². The van der Waals surface area contributed by atoms with Gasteiger partial charge in [-0.3, -0.25) is 4.79 Å². The van der Waals surface area contributed by atoms with Gasteiger partial charge in [0.25, 0.3) is 0 Å². The van der Waals surface area contributed by atoms with Crippen LogP contribution < -0.4 is 4.72 Å². The molecule has 1 N–H and O–H groups in total. The summed E-state index contributed by atoms with van der Waals surface area (Å²) >= 11 is 0. The summed E-state index contributed by atoms with van der Waals surface area (Å²) in [4.78, 5) is 10.9.